The van der Waals surface area contributed by atoms with Crippen molar-refractivity contribution in [3.63, 3.8) is 0 Å². The smallest absolute Gasteiger partial charge is 0.164 e. The zero-order valence-electron chi connectivity index (χ0n) is 34.2. The van der Waals surface area contributed by atoms with Crippen LogP contribution in [-0.4, -0.2) is 15.0 Å². The van der Waals surface area contributed by atoms with Crippen LogP contribution in [0.25, 0.3) is 45.0 Å². The molecule has 0 aliphatic heterocycles. The summed E-state index contributed by atoms with van der Waals surface area (Å²) in [5.74, 6) is 2.17. The molecule has 0 unspecified atom stereocenters. The molecule has 280 valence electrons. The van der Waals surface area contributed by atoms with Crippen LogP contribution in [-0.2, 0) is 24.7 Å². The highest BCUT2D eigenvalue weighted by atomic mass is 15.0. The number of benzene rings is 6. The van der Waals surface area contributed by atoms with E-state index < -0.39 is 5.41 Å². The summed E-state index contributed by atoms with van der Waals surface area (Å²) in [6, 6.07) is 51.2. The maximum atomic E-state index is 5.27. The average Bonchev–Trinajstić information content (AvgIpc) is 3.65. The van der Waals surface area contributed by atoms with Crippen LogP contribution in [0.4, 0.5) is 0 Å². The zero-order chi connectivity index (χ0) is 39.2. The van der Waals surface area contributed by atoms with Crippen molar-refractivity contribution in [2.24, 2.45) is 10.8 Å². The molecule has 2 aliphatic carbocycles. The SMILES string of the molecule is CC.CC(C)(C)Cc1ccc2c(c1)C1(c3cc(CC(C)(C)C)ccc3-2)c2ccccc2-c2c(-c3nc(Cc4ccccc4)nc(-c4ccccc4)n3)cccc21. The Labute approximate surface area is 334 Å². The second kappa shape index (κ2) is 14.4. The maximum Gasteiger partial charge on any atom is 0.164 e. The number of hydrogen-bond acceptors (Lipinski definition) is 3. The Morgan fingerprint density at radius 2 is 0.946 bits per heavy atom. The molecule has 0 N–H and O–H groups in total. The topological polar surface area (TPSA) is 38.7 Å². The van der Waals surface area contributed by atoms with Crippen molar-refractivity contribution in [2.75, 3.05) is 0 Å². The fraction of sp³-hybridized carbons (Fsp3) is 0.264. The highest BCUT2D eigenvalue weighted by Crippen LogP contribution is 2.64. The highest BCUT2D eigenvalue weighted by Gasteiger charge is 2.52. The molecular formula is C53H53N3. The summed E-state index contributed by atoms with van der Waals surface area (Å²) < 4.78 is 0. The van der Waals surface area contributed by atoms with Crippen LogP contribution in [0.5, 0.6) is 0 Å². The third-order valence-corrected chi connectivity index (χ3v) is 11.0. The molecule has 7 aromatic rings. The standard InChI is InChI=1S/C51H47N3.C2H6/c1-49(2,3)31-34-24-26-37-38-27-25-35(32-50(4,5)6)29-44(38)51(43(37)28-34)41-22-14-13-20-39(41)46-40(21-15-23-42(46)51)48-53-45(30-33-16-9-7-10-17-33)52-47(54-48)36-18-11-8-12-19-36;1-2/h7-29H,30-32H2,1-6H3;1-2H3. The van der Waals surface area contributed by atoms with Crippen LogP contribution >= 0.6 is 0 Å². The summed E-state index contributed by atoms with van der Waals surface area (Å²) in [6.45, 7) is 18.0. The molecule has 3 heteroatoms. The second-order valence-electron chi connectivity index (χ2n) is 17.7. The van der Waals surface area contributed by atoms with Crippen molar-refractivity contribution < 1.29 is 0 Å². The quantitative estimate of drug-likeness (QED) is 0.171. The Morgan fingerprint density at radius 3 is 1.55 bits per heavy atom. The van der Waals surface area contributed by atoms with Gasteiger partial charge in [0.25, 0.3) is 0 Å². The first-order chi connectivity index (χ1) is 27.0. The van der Waals surface area contributed by atoms with E-state index in [0.29, 0.717) is 18.1 Å². The molecule has 0 saturated carbocycles. The molecule has 0 amide bonds. The first-order valence-electron chi connectivity index (χ1n) is 20.3. The summed E-state index contributed by atoms with van der Waals surface area (Å²) in [7, 11) is 0. The van der Waals surface area contributed by atoms with Gasteiger partial charge in [0.1, 0.15) is 5.82 Å². The van der Waals surface area contributed by atoms with Crippen LogP contribution in [0.2, 0.25) is 0 Å². The number of hydrogen-bond donors (Lipinski definition) is 0. The predicted octanol–water partition coefficient (Wildman–Crippen LogP) is 13.3. The van der Waals surface area contributed by atoms with Crippen LogP contribution in [0.3, 0.4) is 0 Å². The van der Waals surface area contributed by atoms with E-state index in [-0.39, 0.29) is 10.8 Å². The Bertz CT molecular complexity index is 2470. The maximum absolute atomic E-state index is 5.27. The Morgan fingerprint density at radius 1 is 0.429 bits per heavy atom. The Kier molecular flexibility index (Phi) is 9.61. The van der Waals surface area contributed by atoms with Crippen molar-refractivity contribution in [1.82, 2.24) is 15.0 Å². The first kappa shape index (κ1) is 37.3. The van der Waals surface area contributed by atoms with Gasteiger partial charge in [-0.2, -0.15) is 0 Å². The van der Waals surface area contributed by atoms with Gasteiger partial charge in [-0.3, -0.25) is 0 Å². The minimum absolute atomic E-state index is 0.165. The van der Waals surface area contributed by atoms with Gasteiger partial charge in [0.15, 0.2) is 11.6 Å². The molecule has 1 heterocycles. The molecule has 0 bridgehead atoms. The fourth-order valence-corrected chi connectivity index (χ4v) is 9.07. The third-order valence-electron chi connectivity index (χ3n) is 11.0. The van der Waals surface area contributed by atoms with E-state index in [1.807, 2.05) is 32.0 Å². The van der Waals surface area contributed by atoms with Crippen LogP contribution in [0, 0.1) is 10.8 Å². The molecule has 2 aliphatic rings. The highest BCUT2D eigenvalue weighted by molar-refractivity contribution is 5.99. The summed E-state index contributed by atoms with van der Waals surface area (Å²) >= 11 is 0. The first-order valence-corrected chi connectivity index (χ1v) is 20.3. The van der Waals surface area contributed by atoms with Crippen molar-refractivity contribution >= 4 is 0 Å². The summed E-state index contributed by atoms with van der Waals surface area (Å²) in [4.78, 5) is 15.6. The van der Waals surface area contributed by atoms with E-state index in [9.17, 15) is 0 Å². The molecule has 1 spiro atoms. The van der Waals surface area contributed by atoms with Gasteiger partial charge >= 0.3 is 0 Å². The van der Waals surface area contributed by atoms with Gasteiger partial charge in [-0.1, -0.05) is 195 Å². The van der Waals surface area contributed by atoms with E-state index in [0.717, 1.165) is 29.8 Å². The molecule has 0 fully saturated rings. The molecule has 56 heavy (non-hydrogen) atoms. The fourth-order valence-electron chi connectivity index (χ4n) is 9.07. The molecule has 0 saturated heterocycles. The van der Waals surface area contributed by atoms with E-state index >= 15 is 0 Å². The van der Waals surface area contributed by atoms with Gasteiger partial charge in [0, 0.05) is 17.5 Å². The second-order valence-corrected chi connectivity index (χ2v) is 17.7. The van der Waals surface area contributed by atoms with Crippen molar-refractivity contribution in [3.8, 4) is 45.0 Å². The number of fused-ring (bicyclic) bond motifs is 10. The number of nitrogens with zero attached hydrogens (tertiary/aromatic N) is 3. The van der Waals surface area contributed by atoms with Crippen LogP contribution in [0.15, 0.2) is 140 Å². The lowest BCUT2D eigenvalue weighted by Crippen LogP contribution is -2.26. The lowest BCUT2D eigenvalue weighted by molar-refractivity contribution is 0.411. The van der Waals surface area contributed by atoms with Gasteiger partial charge < -0.3 is 0 Å². The van der Waals surface area contributed by atoms with Gasteiger partial charge in [0.05, 0.1) is 5.41 Å². The van der Waals surface area contributed by atoms with E-state index in [1.54, 1.807) is 0 Å². The lowest BCUT2D eigenvalue weighted by atomic mass is 9.69. The molecule has 9 rings (SSSR count). The lowest BCUT2D eigenvalue weighted by Gasteiger charge is -2.32. The normalized spacial score (nSPS) is 13.4. The van der Waals surface area contributed by atoms with E-state index in [2.05, 4.69) is 163 Å². The van der Waals surface area contributed by atoms with Crippen molar-refractivity contribution in [2.45, 2.75) is 80.1 Å². The predicted molar refractivity (Wildman–Crippen MR) is 234 cm³/mol. The average molecular weight is 732 g/mol. The molecular weight excluding hydrogens is 679 g/mol. The van der Waals surface area contributed by atoms with Crippen molar-refractivity contribution in [1.29, 1.82) is 0 Å². The summed E-state index contributed by atoms with van der Waals surface area (Å²) in [5, 5.41) is 0. The number of rotatable bonds is 6. The van der Waals surface area contributed by atoms with Gasteiger partial charge in [0.2, 0.25) is 0 Å². The van der Waals surface area contributed by atoms with Gasteiger partial charge in [-0.15, -0.1) is 0 Å². The molecule has 3 nitrogen and oxygen atoms in total. The van der Waals surface area contributed by atoms with Crippen LogP contribution in [0.1, 0.15) is 100 Å². The Hall–Kier alpha value is -5.67. The molecule has 0 radical (unpaired) electrons. The third kappa shape index (κ3) is 6.68. The largest absolute Gasteiger partial charge is 0.213 e. The van der Waals surface area contributed by atoms with Crippen molar-refractivity contribution in [3.05, 3.63) is 184 Å². The minimum Gasteiger partial charge on any atom is -0.213 e. The summed E-state index contributed by atoms with van der Waals surface area (Å²) in [5.41, 5.74) is 16.3. The zero-order valence-corrected chi connectivity index (χ0v) is 34.2. The van der Waals surface area contributed by atoms with Crippen LogP contribution < -0.4 is 0 Å². The molecule has 1 aromatic heterocycles. The number of aromatic nitrogens is 3. The molecule has 6 aromatic carbocycles. The van der Waals surface area contributed by atoms with E-state index in [4.69, 9.17) is 15.0 Å². The van der Waals surface area contributed by atoms with E-state index in [1.165, 1.54) is 61.2 Å². The Balaban J connectivity index is 0.00000217. The summed E-state index contributed by atoms with van der Waals surface area (Å²) in [6.07, 6.45) is 2.64. The minimum atomic E-state index is -0.476. The van der Waals surface area contributed by atoms with Gasteiger partial charge in [-0.25, -0.2) is 15.0 Å². The monoisotopic (exact) mass is 731 g/mol. The molecule has 0 atom stereocenters. The van der Waals surface area contributed by atoms with Gasteiger partial charge in [-0.05, 0) is 84.9 Å².